The highest BCUT2D eigenvalue weighted by Gasteiger charge is 2.31. The van der Waals surface area contributed by atoms with Crippen LogP contribution in [0.15, 0.2) is 59.8 Å². The van der Waals surface area contributed by atoms with Crippen LogP contribution in [0.4, 0.5) is 20.3 Å². The summed E-state index contributed by atoms with van der Waals surface area (Å²) in [5, 5.41) is 7.38. The van der Waals surface area contributed by atoms with Gasteiger partial charge >= 0.3 is 0 Å². The van der Waals surface area contributed by atoms with Gasteiger partial charge in [-0.05, 0) is 75.4 Å². The molecule has 0 saturated carbocycles. The SMILES string of the molecule is CC(C)(C)NS(=O)(=O)c1cnn2c(Nc3cc(Cl)ccc3F)c(C(=O)N3CCC(c4ccc(F)cc4)CC3)cnc12. The zero-order valence-corrected chi connectivity index (χ0v) is 24.2. The smallest absolute Gasteiger partial charge is 0.259 e. The summed E-state index contributed by atoms with van der Waals surface area (Å²) in [7, 11) is -4.03. The molecule has 0 bridgehead atoms. The molecule has 41 heavy (non-hydrogen) atoms. The van der Waals surface area contributed by atoms with Gasteiger partial charge in [0.05, 0.1) is 11.9 Å². The molecule has 2 aromatic carbocycles. The van der Waals surface area contributed by atoms with Crippen LogP contribution in [0, 0.1) is 11.6 Å². The molecule has 0 aliphatic carbocycles. The Morgan fingerprint density at radius 2 is 1.73 bits per heavy atom. The molecule has 1 fully saturated rings. The summed E-state index contributed by atoms with van der Waals surface area (Å²) in [4.78, 5) is 19.6. The first kappa shape index (κ1) is 28.9. The summed E-state index contributed by atoms with van der Waals surface area (Å²) in [5.41, 5.74) is 0.246. The molecule has 1 amide bonds. The fourth-order valence-electron chi connectivity index (χ4n) is 4.88. The van der Waals surface area contributed by atoms with E-state index in [-0.39, 0.29) is 50.3 Å². The van der Waals surface area contributed by atoms with Crippen LogP contribution in [-0.2, 0) is 10.0 Å². The lowest BCUT2D eigenvalue weighted by Crippen LogP contribution is -2.40. The molecular formula is C28H29ClF2N6O3S. The van der Waals surface area contributed by atoms with Gasteiger partial charge in [-0.15, -0.1) is 0 Å². The molecule has 2 N–H and O–H groups in total. The Bertz CT molecular complexity index is 1710. The van der Waals surface area contributed by atoms with E-state index in [2.05, 4.69) is 20.1 Å². The fourth-order valence-corrected chi connectivity index (χ4v) is 6.53. The molecule has 5 rings (SSSR count). The predicted molar refractivity (Wildman–Crippen MR) is 152 cm³/mol. The molecule has 1 aliphatic heterocycles. The van der Waals surface area contributed by atoms with Crippen molar-refractivity contribution in [3.05, 3.63) is 82.6 Å². The number of nitrogens with zero attached hydrogens (tertiary/aromatic N) is 4. The third kappa shape index (κ3) is 6.19. The van der Waals surface area contributed by atoms with Crippen LogP contribution in [0.1, 0.15) is 55.5 Å². The number of likely N-dealkylation sites (tertiary alicyclic amines) is 1. The molecule has 0 radical (unpaired) electrons. The van der Waals surface area contributed by atoms with Gasteiger partial charge in [-0.25, -0.2) is 26.9 Å². The van der Waals surface area contributed by atoms with Crippen LogP contribution >= 0.6 is 11.6 Å². The Balaban J connectivity index is 1.52. The first-order chi connectivity index (χ1) is 19.3. The van der Waals surface area contributed by atoms with E-state index in [1.165, 1.54) is 41.0 Å². The van der Waals surface area contributed by atoms with E-state index in [4.69, 9.17) is 11.6 Å². The molecule has 0 atom stereocenters. The number of nitrogens with one attached hydrogen (secondary N) is 2. The number of rotatable bonds is 6. The highest BCUT2D eigenvalue weighted by Crippen LogP contribution is 2.32. The number of aromatic nitrogens is 3. The van der Waals surface area contributed by atoms with Crippen molar-refractivity contribution < 1.29 is 22.0 Å². The van der Waals surface area contributed by atoms with Gasteiger partial charge in [0.1, 0.15) is 27.9 Å². The number of hydrogen-bond donors (Lipinski definition) is 2. The molecule has 216 valence electrons. The molecule has 1 saturated heterocycles. The first-order valence-electron chi connectivity index (χ1n) is 13.0. The Morgan fingerprint density at radius 1 is 1.05 bits per heavy atom. The van der Waals surface area contributed by atoms with Gasteiger partial charge < -0.3 is 10.2 Å². The maximum Gasteiger partial charge on any atom is 0.259 e. The second-order valence-corrected chi connectivity index (χ2v) is 13.1. The van der Waals surface area contributed by atoms with Crippen molar-refractivity contribution in [1.82, 2.24) is 24.2 Å². The maximum absolute atomic E-state index is 14.8. The average molecular weight is 603 g/mol. The summed E-state index contributed by atoms with van der Waals surface area (Å²) < 4.78 is 58.1. The molecule has 9 nitrogen and oxygen atoms in total. The van der Waals surface area contributed by atoms with Crippen LogP contribution in [0.25, 0.3) is 5.65 Å². The lowest BCUT2D eigenvalue weighted by molar-refractivity contribution is 0.0713. The number of anilines is 2. The maximum atomic E-state index is 14.8. The minimum Gasteiger partial charge on any atom is -0.338 e. The largest absolute Gasteiger partial charge is 0.338 e. The van der Waals surface area contributed by atoms with Crippen molar-refractivity contribution in [2.24, 2.45) is 0 Å². The average Bonchev–Trinajstić information content (AvgIpc) is 3.36. The second-order valence-electron chi connectivity index (χ2n) is 11.0. The van der Waals surface area contributed by atoms with E-state index in [0.29, 0.717) is 25.9 Å². The van der Waals surface area contributed by atoms with Crippen LogP contribution in [0.2, 0.25) is 5.02 Å². The Labute approximate surface area is 241 Å². The van der Waals surface area contributed by atoms with Crippen LogP contribution in [0.5, 0.6) is 0 Å². The number of halogens is 3. The second kappa shape index (κ2) is 11.0. The third-order valence-electron chi connectivity index (χ3n) is 6.76. The summed E-state index contributed by atoms with van der Waals surface area (Å²) >= 11 is 6.10. The number of amides is 1. The number of piperidine rings is 1. The van der Waals surface area contributed by atoms with Crippen molar-refractivity contribution in [2.45, 2.75) is 50.0 Å². The van der Waals surface area contributed by atoms with Crippen LogP contribution in [-0.4, -0.2) is 52.5 Å². The number of carbonyl (C=O) groups is 1. The normalized spacial score (nSPS) is 14.9. The highest BCUT2D eigenvalue weighted by atomic mass is 35.5. The van der Waals surface area contributed by atoms with E-state index < -0.39 is 21.4 Å². The number of carbonyl (C=O) groups excluding carboxylic acids is 1. The predicted octanol–water partition coefficient (Wildman–Crippen LogP) is 5.50. The topological polar surface area (TPSA) is 109 Å². The van der Waals surface area contributed by atoms with Gasteiger partial charge in [0.25, 0.3) is 5.91 Å². The first-order valence-corrected chi connectivity index (χ1v) is 14.9. The standard InChI is InChI=1S/C28H29ClF2N6O3S/c1-28(2,3)35-41(39,40)24-16-33-37-25(34-23-14-19(29)6-9-22(23)31)21(15-32-26(24)37)27(38)36-12-10-18(11-13-36)17-4-7-20(30)8-5-17/h4-9,14-16,18,34-35H,10-13H2,1-3H3. The van der Waals surface area contributed by atoms with E-state index in [1.54, 1.807) is 37.8 Å². The van der Waals surface area contributed by atoms with Gasteiger partial charge in [-0.2, -0.15) is 9.61 Å². The van der Waals surface area contributed by atoms with Crippen molar-refractivity contribution >= 4 is 44.7 Å². The Kier molecular flexibility index (Phi) is 7.75. The zero-order valence-electron chi connectivity index (χ0n) is 22.7. The third-order valence-corrected chi connectivity index (χ3v) is 8.74. The lowest BCUT2D eigenvalue weighted by Gasteiger charge is -2.32. The highest BCUT2D eigenvalue weighted by molar-refractivity contribution is 7.89. The minimum absolute atomic E-state index is 0.0261. The molecular weight excluding hydrogens is 574 g/mol. The van der Waals surface area contributed by atoms with E-state index in [1.807, 2.05) is 0 Å². The zero-order chi connectivity index (χ0) is 29.5. The number of benzene rings is 2. The van der Waals surface area contributed by atoms with Gasteiger partial charge in [-0.1, -0.05) is 23.7 Å². The van der Waals surface area contributed by atoms with Crippen molar-refractivity contribution in [1.29, 1.82) is 0 Å². The molecule has 1 aliphatic rings. The lowest BCUT2D eigenvalue weighted by atomic mass is 9.89. The van der Waals surface area contributed by atoms with Gasteiger partial charge in [0, 0.05) is 29.8 Å². The number of hydrogen-bond acceptors (Lipinski definition) is 6. The number of sulfonamides is 1. The molecule has 0 unspecified atom stereocenters. The fraction of sp³-hybridized carbons (Fsp3) is 0.321. The number of fused-ring (bicyclic) bond motifs is 1. The van der Waals surface area contributed by atoms with Gasteiger partial charge in [-0.3, -0.25) is 4.79 Å². The quantitative estimate of drug-likeness (QED) is 0.302. The molecule has 0 spiro atoms. The van der Waals surface area contributed by atoms with Crippen LogP contribution < -0.4 is 10.0 Å². The molecule has 13 heteroatoms. The minimum atomic E-state index is -4.03. The van der Waals surface area contributed by atoms with E-state index in [0.717, 1.165) is 11.8 Å². The Morgan fingerprint density at radius 3 is 2.39 bits per heavy atom. The van der Waals surface area contributed by atoms with Gasteiger partial charge in [0.2, 0.25) is 10.0 Å². The molecule has 2 aromatic heterocycles. The molecule has 3 heterocycles. The Hall–Kier alpha value is -3.61. The summed E-state index contributed by atoms with van der Waals surface area (Å²) in [6, 6.07) is 10.3. The van der Waals surface area contributed by atoms with Gasteiger partial charge in [0.15, 0.2) is 5.65 Å². The summed E-state index contributed by atoms with van der Waals surface area (Å²) in [6.45, 7) is 5.97. The summed E-state index contributed by atoms with van der Waals surface area (Å²) in [5.74, 6) is -1.10. The molecule has 4 aromatic rings. The van der Waals surface area contributed by atoms with Crippen molar-refractivity contribution in [2.75, 3.05) is 18.4 Å². The monoisotopic (exact) mass is 602 g/mol. The van der Waals surface area contributed by atoms with E-state index in [9.17, 15) is 22.0 Å². The van der Waals surface area contributed by atoms with Crippen molar-refractivity contribution in [3.8, 4) is 0 Å². The van der Waals surface area contributed by atoms with Crippen LogP contribution in [0.3, 0.4) is 0 Å². The summed E-state index contributed by atoms with van der Waals surface area (Å²) in [6.07, 6.45) is 3.74. The van der Waals surface area contributed by atoms with E-state index >= 15 is 0 Å². The van der Waals surface area contributed by atoms with Crippen molar-refractivity contribution in [3.63, 3.8) is 0 Å².